The Morgan fingerprint density at radius 2 is 2.00 bits per heavy atom. The van der Waals surface area contributed by atoms with Gasteiger partial charge in [0.2, 0.25) is 0 Å². The van der Waals surface area contributed by atoms with Gasteiger partial charge in [-0.15, -0.1) is 0 Å². The Bertz CT molecular complexity index is 505. The highest BCUT2D eigenvalue weighted by Crippen LogP contribution is 2.64. The molecule has 0 spiro atoms. The second kappa shape index (κ2) is 4.70. The van der Waals surface area contributed by atoms with Gasteiger partial charge < -0.3 is 10.2 Å². The Hall–Kier alpha value is -1.09. The topological polar surface area (TPSA) is 57.5 Å². The third-order valence-electron chi connectivity index (χ3n) is 6.39. The van der Waals surface area contributed by atoms with Crippen molar-refractivity contribution in [3.8, 4) is 0 Å². The minimum Gasteiger partial charge on any atom is -0.481 e. The molecule has 2 N–H and O–H groups in total. The first kappa shape index (κ1) is 14.8. The highest BCUT2D eigenvalue weighted by Gasteiger charge is 2.64. The molecule has 1 saturated carbocycles. The summed E-state index contributed by atoms with van der Waals surface area (Å²) in [4.78, 5) is 12.0. The fourth-order valence-corrected chi connectivity index (χ4v) is 5.53. The second-order valence-corrected chi connectivity index (χ2v) is 7.72. The Kier molecular flexibility index (Phi) is 3.32. The van der Waals surface area contributed by atoms with Crippen molar-refractivity contribution in [1.82, 2.24) is 0 Å². The Morgan fingerprint density at radius 1 is 1.29 bits per heavy atom. The summed E-state index contributed by atoms with van der Waals surface area (Å²) < 4.78 is 0. The number of aliphatic hydroxyl groups is 1. The fourth-order valence-electron chi connectivity index (χ4n) is 5.53. The molecule has 21 heavy (non-hydrogen) atoms. The molecular formula is C18H26O3. The number of hydrogen-bond acceptors (Lipinski definition) is 2. The molecule has 7 unspecified atom stereocenters. The number of carbonyl (C=O) groups is 1. The molecule has 0 aliphatic heterocycles. The maximum Gasteiger partial charge on any atom is 0.307 e. The zero-order valence-electron chi connectivity index (χ0n) is 13.1. The SMILES string of the molecule is CC1C=CCC(C)(O)C2C1C(C(=O)O)C1(C)C=CCCC21. The van der Waals surface area contributed by atoms with E-state index in [-0.39, 0.29) is 29.1 Å². The molecule has 3 aliphatic rings. The summed E-state index contributed by atoms with van der Waals surface area (Å²) >= 11 is 0. The van der Waals surface area contributed by atoms with Gasteiger partial charge in [0.15, 0.2) is 0 Å². The van der Waals surface area contributed by atoms with Crippen LogP contribution in [0.1, 0.15) is 40.0 Å². The van der Waals surface area contributed by atoms with Gasteiger partial charge in [0.05, 0.1) is 11.5 Å². The van der Waals surface area contributed by atoms with Crippen LogP contribution in [0.15, 0.2) is 24.3 Å². The average molecular weight is 290 g/mol. The van der Waals surface area contributed by atoms with Gasteiger partial charge in [-0.2, -0.15) is 0 Å². The molecule has 0 bridgehead atoms. The number of hydrogen-bond donors (Lipinski definition) is 2. The Balaban J connectivity index is 2.16. The van der Waals surface area contributed by atoms with E-state index in [1.54, 1.807) is 0 Å². The molecule has 1 fully saturated rings. The molecular weight excluding hydrogens is 264 g/mol. The summed E-state index contributed by atoms with van der Waals surface area (Å²) in [5.74, 6) is -0.604. The summed E-state index contributed by atoms with van der Waals surface area (Å²) in [6.07, 6.45) is 11.0. The number of carboxylic acid groups (broad SMARTS) is 1. The number of aliphatic carboxylic acids is 1. The molecule has 3 rings (SSSR count). The maximum absolute atomic E-state index is 12.0. The summed E-state index contributed by atoms with van der Waals surface area (Å²) in [7, 11) is 0. The number of fused-ring (bicyclic) bond motifs is 3. The van der Waals surface area contributed by atoms with Crippen LogP contribution < -0.4 is 0 Å². The van der Waals surface area contributed by atoms with Crippen molar-refractivity contribution in [2.45, 2.75) is 45.6 Å². The minimum absolute atomic E-state index is 0.00833. The van der Waals surface area contributed by atoms with Crippen LogP contribution in [-0.2, 0) is 4.79 Å². The molecule has 3 heteroatoms. The van der Waals surface area contributed by atoms with E-state index in [1.165, 1.54) is 0 Å². The first-order chi connectivity index (χ1) is 9.79. The fraction of sp³-hybridized carbons (Fsp3) is 0.722. The van der Waals surface area contributed by atoms with E-state index in [9.17, 15) is 15.0 Å². The predicted octanol–water partition coefficient (Wildman–Crippen LogP) is 3.25. The van der Waals surface area contributed by atoms with Gasteiger partial charge in [0.1, 0.15) is 0 Å². The standard InChI is InChI=1S/C18H26O3/c1-11-7-6-10-18(3,21)14-12-8-4-5-9-17(12,2)15(13(11)14)16(19)20/h5-7,9,11-15,21H,4,8,10H2,1-3H3,(H,19,20). The normalized spacial score (nSPS) is 52.1. The zero-order chi connectivity index (χ0) is 15.4. The first-order valence-electron chi connectivity index (χ1n) is 8.08. The molecule has 7 atom stereocenters. The van der Waals surface area contributed by atoms with Crippen LogP contribution >= 0.6 is 0 Å². The van der Waals surface area contributed by atoms with Crippen molar-refractivity contribution in [2.75, 3.05) is 0 Å². The van der Waals surface area contributed by atoms with Crippen molar-refractivity contribution in [3.05, 3.63) is 24.3 Å². The van der Waals surface area contributed by atoms with Gasteiger partial charge in [-0.05, 0) is 49.9 Å². The van der Waals surface area contributed by atoms with Crippen molar-refractivity contribution in [3.63, 3.8) is 0 Å². The number of allylic oxidation sites excluding steroid dienone is 3. The highest BCUT2D eigenvalue weighted by molar-refractivity contribution is 5.73. The summed E-state index contributed by atoms with van der Waals surface area (Å²) in [6, 6.07) is 0. The summed E-state index contributed by atoms with van der Waals surface area (Å²) in [5.41, 5.74) is -1.14. The van der Waals surface area contributed by atoms with Gasteiger partial charge in [-0.3, -0.25) is 4.79 Å². The van der Waals surface area contributed by atoms with E-state index in [0.717, 1.165) is 12.8 Å². The Morgan fingerprint density at radius 3 is 2.67 bits per heavy atom. The lowest BCUT2D eigenvalue weighted by Gasteiger charge is -2.41. The average Bonchev–Trinajstić information content (AvgIpc) is 2.61. The van der Waals surface area contributed by atoms with Gasteiger partial charge >= 0.3 is 5.97 Å². The molecule has 0 saturated heterocycles. The second-order valence-electron chi connectivity index (χ2n) is 7.72. The quantitative estimate of drug-likeness (QED) is 0.729. The van der Waals surface area contributed by atoms with E-state index in [0.29, 0.717) is 6.42 Å². The van der Waals surface area contributed by atoms with Crippen LogP contribution in [0, 0.1) is 35.0 Å². The van der Waals surface area contributed by atoms with Gasteiger partial charge in [0, 0.05) is 5.41 Å². The molecule has 0 aromatic heterocycles. The molecule has 0 aromatic rings. The van der Waals surface area contributed by atoms with Crippen LogP contribution in [0.5, 0.6) is 0 Å². The molecule has 0 amide bonds. The third-order valence-corrected chi connectivity index (χ3v) is 6.39. The monoisotopic (exact) mass is 290 g/mol. The molecule has 116 valence electrons. The van der Waals surface area contributed by atoms with Crippen molar-refractivity contribution < 1.29 is 15.0 Å². The van der Waals surface area contributed by atoms with Gasteiger partial charge in [-0.1, -0.05) is 38.2 Å². The summed E-state index contributed by atoms with van der Waals surface area (Å²) in [6.45, 7) is 6.10. The zero-order valence-corrected chi connectivity index (χ0v) is 13.1. The van der Waals surface area contributed by atoms with Crippen LogP contribution in [0.25, 0.3) is 0 Å². The molecule has 0 radical (unpaired) electrons. The van der Waals surface area contributed by atoms with E-state index >= 15 is 0 Å². The van der Waals surface area contributed by atoms with E-state index in [1.807, 2.05) is 13.0 Å². The lowest BCUT2D eigenvalue weighted by molar-refractivity contribution is -0.147. The predicted molar refractivity (Wildman–Crippen MR) is 81.6 cm³/mol. The van der Waals surface area contributed by atoms with Crippen molar-refractivity contribution in [2.24, 2.45) is 35.0 Å². The smallest absolute Gasteiger partial charge is 0.307 e. The number of rotatable bonds is 1. The molecule has 3 nitrogen and oxygen atoms in total. The van der Waals surface area contributed by atoms with Crippen molar-refractivity contribution in [1.29, 1.82) is 0 Å². The molecule has 0 aromatic carbocycles. The maximum atomic E-state index is 12.0. The third kappa shape index (κ3) is 2.01. The minimum atomic E-state index is -0.812. The van der Waals surface area contributed by atoms with Crippen molar-refractivity contribution >= 4 is 5.97 Å². The highest BCUT2D eigenvalue weighted by atomic mass is 16.4. The van der Waals surface area contributed by atoms with Crippen LogP contribution in [0.4, 0.5) is 0 Å². The van der Waals surface area contributed by atoms with E-state index in [2.05, 4.69) is 32.1 Å². The molecule has 0 heterocycles. The largest absolute Gasteiger partial charge is 0.481 e. The van der Waals surface area contributed by atoms with E-state index in [4.69, 9.17) is 0 Å². The van der Waals surface area contributed by atoms with E-state index < -0.39 is 17.5 Å². The molecule has 3 aliphatic carbocycles. The number of carboxylic acids is 1. The lowest BCUT2D eigenvalue weighted by Crippen LogP contribution is -2.42. The van der Waals surface area contributed by atoms with Crippen LogP contribution in [0.2, 0.25) is 0 Å². The first-order valence-corrected chi connectivity index (χ1v) is 8.08. The van der Waals surface area contributed by atoms with Gasteiger partial charge in [-0.25, -0.2) is 0 Å². The summed E-state index contributed by atoms with van der Waals surface area (Å²) in [5, 5.41) is 20.9. The van der Waals surface area contributed by atoms with Crippen LogP contribution in [0.3, 0.4) is 0 Å². The lowest BCUT2D eigenvalue weighted by atomic mass is 9.65. The Labute approximate surface area is 126 Å². The van der Waals surface area contributed by atoms with Crippen LogP contribution in [-0.4, -0.2) is 21.8 Å². The van der Waals surface area contributed by atoms with Gasteiger partial charge in [0.25, 0.3) is 0 Å².